The summed E-state index contributed by atoms with van der Waals surface area (Å²) in [5, 5.41) is 11.6. The third-order valence-electron chi connectivity index (χ3n) is 15.4. The van der Waals surface area contributed by atoms with Crippen molar-refractivity contribution in [3.05, 3.63) is 176 Å². The van der Waals surface area contributed by atoms with Gasteiger partial charge in [-0.15, -0.1) is 0 Å². The molecule has 0 spiro atoms. The smallest absolute Gasteiger partial charge is 0.343 e. The molecule has 0 amide bonds. The highest BCUT2D eigenvalue weighted by molar-refractivity contribution is 5.92. The van der Waals surface area contributed by atoms with Crippen LogP contribution in [0.15, 0.2) is 120 Å². The molecular formula is C65H74O11. The number of ether oxygens (including phenoxy) is 6. The molecule has 0 bridgehead atoms. The van der Waals surface area contributed by atoms with Gasteiger partial charge in [0, 0.05) is 59.9 Å². The second-order valence-electron chi connectivity index (χ2n) is 21.6. The minimum absolute atomic E-state index is 0.0215. The van der Waals surface area contributed by atoms with Crippen molar-refractivity contribution < 1.29 is 52.7 Å². The lowest BCUT2D eigenvalue weighted by Crippen LogP contribution is -2.41. The molecule has 5 aromatic carbocycles. The quantitative estimate of drug-likeness (QED) is 0.0365. The number of fused-ring (bicyclic) bond motifs is 1. The molecule has 11 nitrogen and oxygen atoms in total. The number of hydrogen-bond donors (Lipinski definition) is 1. The highest BCUT2D eigenvalue weighted by atomic mass is 16.7. The summed E-state index contributed by atoms with van der Waals surface area (Å²) in [5.74, 6) is -0.523. The average Bonchev–Trinajstić information content (AvgIpc) is 3.38. The number of aliphatic hydroxyl groups is 1. The number of hydrogen-bond acceptors (Lipinski definition) is 11. The lowest BCUT2D eigenvalue weighted by atomic mass is 9.68. The van der Waals surface area contributed by atoms with Crippen molar-refractivity contribution in [3.63, 3.8) is 0 Å². The van der Waals surface area contributed by atoms with E-state index in [0.717, 1.165) is 73.6 Å². The van der Waals surface area contributed by atoms with E-state index >= 15 is 0 Å². The summed E-state index contributed by atoms with van der Waals surface area (Å²) in [4.78, 5) is 53.9. The lowest BCUT2D eigenvalue weighted by Gasteiger charge is -2.44. The topological polar surface area (TPSA) is 144 Å². The Labute approximate surface area is 448 Å². The average molecular weight is 1030 g/mol. The van der Waals surface area contributed by atoms with Gasteiger partial charge in [0.1, 0.15) is 11.5 Å². The zero-order chi connectivity index (χ0) is 54.2. The molecule has 8 atom stereocenters. The summed E-state index contributed by atoms with van der Waals surface area (Å²) in [7, 11) is 0. The Morgan fingerprint density at radius 3 is 2.05 bits per heavy atom. The Hall–Kier alpha value is -6.98. The van der Waals surface area contributed by atoms with Crippen molar-refractivity contribution >= 4 is 23.9 Å². The van der Waals surface area contributed by atoms with Gasteiger partial charge in [-0.3, -0.25) is 9.59 Å². The highest BCUT2D eigenvalue weighted by Gasteiger charge is 2.46. The van der Waals surface area contributed by atoms with Crippen molar-refractivity contribution in [2.24, 2.45) is 11.8 Å². The fourth-order valence-corrected chi connectivity index (χ4v) is 11.8. The molecule has 1 aliphatic heterocycles. The number of benzene rings is 5. The van der Waals surface area contributed by atoms with E-state index in [1.54, 1.807) is 42.5 Å². The predicted octanol–water partition coefficient (Wildman–Crippen LogP) is 14.6. The summed E-state index contributed by atoms with van der Waals surface area (Å²) < 4.78 is 38.0. The molecule has 0 saturated carbocycles. The lowest BCUT2D eigenvalue weighted by molar-refractivity contribution is -0.174. The summed E-state index contributed by atoms with van der Waals surface area (Å²) in [6, 6.07) is 29.3. The van der Waals surface area contributed by atoms with Crippen LogP contribution < -0.4 is 18.9 Å². The van der Waals surface area contributed by atoms with Gasteiger partial charge < -0.3 is 33.5 Å². The molecule has 400 valence electrons. The van der Waals surface area contributed by atoms with Gasteiger partial charge in [-0.1, -0.05) is 110 Å². The summed E-state index contributed by atoms with van der Waals surface area (Å²) >= 11 is 0. The Kier molecular flexibility index (Phi) is 18.0. The van der Waals surface area contributed by atoms with Crippen LogP contribution in [0.3, 0.4) is 0 Å². The highest BCUT2D eigenvalue weighted by Crippen LogP contribution is 2.57. The van der Waals surface area contributed by atoms with E-state index in [1.165, 1.54) is 25.0 Å². The molecule has 3 unspecified atom stereocenters. The van der Waals surface area contributed by atoms with E-state index in [-0.39, 0.29) is 54.3 Å². The second-order valence-corrected chi connectivity index (χ2v) is 21.6. The SMILES string of the molecule is CC(=O)Oc1cc(Cc2ccccc2C(=O)OCC(CCC=C(C)C)[C@@H]2CC[C@@H](C)c3c2cc(C)c(OC(=O)c2ccccc2)c3OC(O)c2ccccc2)c2c3c1[C@H](C)CC[C@H]3[C@H](CCC=C(C)C)C(OC(C)=O)O2. The summed E-state index contributed by atoms with van der Waals surface area (Å²) in [5.41, 5.74) is 9.60. The van der Waals surface area contributed by atoms with Crippen LogP contribution >= 0.6 is 0 Å². The van der Waals surface area contributed by atoms with Gasteiger partial charge in [0.2, 0.25) is 12.6 Å². The van der Waals surface area contributed by atoms with Crippen molar-refractivity contribution in [3.8, 4) is 23.0 Å². The van der Waals surface area contributed by atoms with Gasteiger partial charge in [0.25, 0.3) is 0 Å². The van der Waals surface area contributed by atoms with Crippen LogP contribution in [0.25, 0.3) is 0 Å². The first kappa shape index (κ1) is 55.3. The number of rotatable bonds is 19. The van der Waals surface area contributed by atoms with Crippen LogP contribution in [0.2, 0.25) is 0 Å². The third kappa shape index (κ3) is 12.8. The summed E-state index contributed by atoms with van der Waals surface area (Å²) in [6.07, 6.45) is 8.77. The minimum atomic E-state index is -1.35. The number of carbonyl (C=O) groups is 4. The fraction of sp³-hybridized carbons (Fsp3) is 0.415. The molecule has 0 aromatic heterocycles. The first-order chi connectivity index (χ1) is 36.5. The van der Waals surface area contributed by atoms with Gasteiger partial charge in [-0.05, 0) is 151 Å². The van der Waals surface area contributed by atoms with Crippen molar-refractivity contribution in [1.29, 1.82) is 0 Å². The number of allylic oxidation sites excluding steroid dienone is 4. The molecule has 1 N–H and O–H groups in total. The van der Waals surface area contributed by atoms with Crippen molar-refractivity contribution in [1.82, 2.24) is 0 Å². The number of aryl methyl sites for hydroxylation is 1. The molecule has 5 aromatic rings. The molecule has 2 aliphatic carbocycles. The largest absolute Gasteiger partial charge is 0.462 e. The molecule has 1 heterocycles. The van der Waals surface area contributed by atoms with Crippen LogP contribution in [0.4, 0.5) is 0 Å². The monoisotopic (exact) mass is 1030 g/mol. The normalized spacial score (nSPS) is 20.0. The Bertz CT molecular complexity index is 2960. The first-order valence-electron chi connectivity index (χ1n) is 27.1. The van der Waals surface area contributed by atoms with Crippen LogP contribution in [0.5, 0.6) is 23.0 Å². The van der Waals surface area contributed by atoms with Crippen molar-refractivity contribution in [2.45, 2.75) is 156 Å². The molecular weight excluding hydrogens is 957 g/mol. The third-order valence-corrected chi connectivity index (χ3v) is 15.4. The Balaban J connectivity index is 1.14. The molecule has 8 rings (SSSR count). The molecule has 11 heteroatoms. The maximum atomic E-state index is 14.7. The maximum Gasteiger partial charge on any atom is 0.343 e. The standard InChI is InChI=1S/C65H74O11/c1-38(2)20-18-27-48(50-32-30-40(5)56-54(50)34-42(7)59(74-62(68)45-22-12-10-13-23-45)61(56)75-63(69)46-24-14-11-15-25-46)37-71-64(70)51-28-17-16-26-47(51)35-49-36-55(72-43(8)66)57-41(6)31-33-52-53(29-19-21-39(3)4)65(73-44(9)67)76-60(49)58(52)57/h10-17,20-26,28,34,36,40-41,48,50,52-53,63,65,69H,18-19,27,29-33,35,37H2,1-9H3/t40-,41-,48?,50+,52+,53+,63?,65?/m1/s1. The first-order valence-corrected chi connectivity index (χ1v) is 27.1. The van der Waals surface area contributed by atoms with Gasteiger partial charge >= 0.3 is 23.9 Å². The summed E-state index contributed by atoms with van der Waals surface area (Å²) in [6.45, 7) is 17.4. The van der Waals surface area contributed by atoms with Crippen LogP contribution in [0.1, 0.15) is 202 Å². The van der Waals surface area contributed by atoms with E-state index in [2.05, 4.69) is 59.8 Å². The second kappa shape index (κ2) is 24.8. The molecule has 0 radical (unpaired) electrons. The Morgan fingerprint density at radius 2 is 1.36 bits per heavy atom. The fourth-order valence-electron chi connectivity index (χ4n) is 11.8. The molecule has 76 heavy (non-hydrogen) atoms. The Morgan fingerprint density at radius 1 is 0.697 bits per heavy atom. The van der Waals surface area contributed by atoms with Gasteiger partial charge in [0.05, 0.1) is 17.7 Å². The zero-order valence-electron chi connectivity index (χ0n) is 45.6. The zero-order valence-corrected chi connectivity index (χ0v) is 45.6. The minimum Gasteiger partial charge on any atom is -0.462 e. The van der Waals surface area contributed by atoms with Gasteiger partial charge in [0.15, 0.2) is 11.5 Å². The van der Waals surface area contributed by atoms with Crippen LogP contribution in [0, 0.1) is 18.8 Å². The van der Waals surface area contributed by atoms with Gasteiger partial charge in [-0.2, -0.15) is 0 Å². The molecule has 0 saturated heterocycles. The van der Waals surface area contributed by atoms with E-state index in [9.17, 15) is 24.3 Å². The van der Waals surface area contributed by atoms with E-state index in [1.807, 2.05) is 55.5 Å². The predicted molar refractivity (Wildman–Crippen MR) is 293 cm³/mol. The number of esters is 4. The van der Waals surface area contributed by atoms with E-state index in [0.29, 0.717) is 50.6 Å². The van der Waals surface area contributed by atoms with Crippen LogP contribution in [-0.2, 0) is 25.5 Å². The van der Waals surface area contributed by atoms with Crippen LogP contribution in [-0.4, -0.2) is 41.9 Å². The number of aliphatic hydroxyl groups excluding tert-OH is 1. The molecule has 3 aliphatic rings. The van der Waals surface area contributed by atoms with Crippen molar-refractivity contribution in [2.75, 3.05) is 6.61 Å². The maximum absolute atomic E-state index is 14.7. The van der Waals surface area contributed by atoms with E-state index < -0.39 is 36.5 Å². The molecule has 0 fully saturated rings. The van der Waals surface area contributed by atoms with Gasteiger partial charge in [-0.25, -0.2) is 9.59 Å². The number of carbonyl (C=O) groups excluding carboxylic acids is 4. The van der Waals surface area contributed by atoms with E-state index in [4.69, 9.17) is 28.4 Å².